The van der Waals surface area contributed by atoms with Crippen molar-refractivity contribution in [1.29, 1.82) is 0 Å². The lowest BCUT2D eigenvalue weighted by atomic mass is 10.0. The second-order valence-corrected chi connectivity index (χ2v) is 9.31. The normalized spacial score (nSPS) is 13.9. The summed E-state index contributed by atoms with van der Waals surface area (Å²) >= 11 is 0. The lowest BCUT2D eigenvalue weighted by molar-refractivity contribution is -0.142. The van der Waals surface area contributed by atoms with Crippen LogP contribution in [0, 0.1) is 0 Å². The maximum absolute atomic E-state index is 13.4. The van der Waals surface area contributed by atoms with E-state index >= 15 is 0 Å². The average Bonchev–Trinajstić information content (AvgIpc) is 3.56. The van der Waals surface area contributed by atoms with Gasteiger partial charge < -0.3 is 48.2 Å². The van der Waals surface area contributed by atoms with Crippen molar-refractivity contribution in [1.82, 2.24) is 30.9 Å². The molecule has 12 N–H and O–H groups in total. The van der Waals surface area contributed by atoms with Crippen molar-refractivity contribution in [2.24, 2.45) is 17.2 Å². The largest absolute Gasteiger partial charge is 0.480 e. The highest BCUT2D eigenvalue weighted by Crippen LogP contribution is 2.19. The molecule has 41 heavy (non-hydrogen) atoms. The third-order valence-electron chi connectivity index (χ3n) is 6.12. The Labute approximate surface area is 232 Å². The minimum atomic E-state index is -1.58. The number of H-pyrrole nitrogens is 2. The number of fused-ring (bicyclic) bond motifs is 1. The number of nitrogens with two attached hydrogens (primary N) is 3. The molecule has 0 aliphatic heterocycles. The standard InChI is InChI=1S/C25H31N9O7/c26-15(7-20(27)35)22(37)32-17(5-12-9-30-16-4-2-1-3-14(12)16)23(38)33-18(8-21(28)36)24(39)34-19(25(40)41)6-13-10-29-11-31-13/h1-4,9-11,15,17-19,30H,5-8,26H2,(H2,27,35)(H2,28,36)(H,29,31)(H,32,37)(H,33,38)(H,34,39)(H,40,41). The van der Waals surface area contributed by atoms with E-state index in [2.05, 4.69) is 30.9 Å². The highest BCUT2D eigenvalue weighted by Gasteiger charge is 2.32. The van der Waals surface area contributed by atoms with E-state index in [-0.39, 0.29) is 12.8 Å². The van der Waals surface area contributed by atoms with E-state index in [9.17, 15) is 33.9 Å². The lowest BCUT2D eigenvalue weighted by Crippen LogP contribution is -2.58. The van der Waals surface area contributed by atoms with E-state index in [4.69, 9.17) is 17.2 Å². The van der Waals surface area contributed by atoms with Crippen molar-refractivity contribution < 1.29 is 33.9 Å². The fourth-order valence-corrected chi connectivity index (χ4v) is 4.09. The van der Waals surface area contributed by atoms with Gasteiger partial charge in [0.25, 0.3) is 0 Å². The molecule has 0 radical (unpaired) electrons. The molecule has 16 heteroatoms. The zero-order chi connectivity index (χ0) is 30.1. The summed E-state index contributed by atoms with van der Waals surface area (Å²) in [6, 6.07) is 1.51. The maximum Gasteiger partial charge on any atom is 0.326 e. The number of hydrogen-bond acceptors (Lipinski definition) is 8. The van der Waals surface area contributed by atoms with Crippen LogP contribution in [0.2, 0.25) is 0 Å². The zero-order valence-electron chi connectivity index (χ0n) is 21.8. The molecule has 0 bridgehead atoms. The molecule has 0 spiro atoms. The Morgan fingerprint density at radius 1 is 0.829 bits per heavy atom. The molecule has 0 fully saturated rings. The van der Waals surface area contributed by atoms with E-state index in [1.165, 1.54) is 12.5 Å². The number of carboxylic acids is 1. The summed E-state index contributed by atoms with van der Waals surface area (Å²) in [4.78, 5) is 83.5. The molecular formula is C25H31N9O7. The van der Waals surface area contributed by atoms with Crippen LogP contribution in [0.1, 0.15) is 24.1 Å². The Morgan fingerprint density at radius 2 is 1.46 bits per heavy atom. The van der Waals surface area contributed by atoms with Crippen LogP contribution >= 0.6 is 0 Å². The van der Waals surface area contributed by atoms with Gasteiger partial charge in [-0.1, -0.05) is 18.2 Å². The van der Waals surface area contributed by atoms with Crippen LogP contribution < -0.4 is 33.2 Å². The minimum absolute atomic E-state index is 0.0760. The number of carbonyl (C=O) groups excluding carboxylic acids is 5. The number of nitrogens with zero attached hydrogens (tertiary/aromatic N) is 1. The highest BCUT2D eigenvalue weighted by atomic mass is 16.4. The molecule has 2 heterocycles. The summed E-state index contributed by atoms with van der Waals surface area (Å²) < 4.78 is 0. The SMILES string of the molecule is NC(=O)CC(N)C(=O)NC(Cc1c[nH]c2ccccc12)C(=O)NC(CC(N)=O)C(=O)NC(Cc1cnc[nH]1)C(=O)O. The number of imidazole rings is 1. The summed E-state index contributed by atoms with van der Waals surface area (Å²) in [5.41, 5.74) is 18.0. The fraction of sp³-hybridized carbons (Fsp3) is 0.320. The molecule has 0 aliphatic rings. The summed E-state index contributed by atoms with van der Waals surface area (Å²) in [6.07, 6.45) is 2.98. The van der Waals surface area contributed by atoms with Crippen LogP contribution in [0.25, 0.3) is 10.9 Å². The number of hydrogen-bond donors (Lipinski definition) is 9. The number of aromatic amines is 2. The summed E-state index contributed by atoms with van der Waals surface area (Å²) in [5.74, 6) is -5.89. The van der Waals surface area contributed by atoms with Crippen LogP contribution in [0.4, 0.5) is 0 Å². The van der Waals surface area contributed by atoms with Crippen molar-refractivity contribution in [2.75, 3.05) is 0 Å². The molecule has 1 aromatic carbocycles. The number of nitrogens with one attached hydrogen (secondary N) is 5. The van der Waals surface area contributed by atoms with Crippen molar-refractivity contribution in [2.45, 2.75) is 49.9 Å². The maximum atomic E-state index is 13.4. The summed E-state index contributed by atoms with van der Waals surface area (Å²) in [6.45, 7) is 0. The van der Waals surface area contributed by atoms with Gasteiger partial charge in [-0.15, -0.1) is 0 Å². The molecule has 5 amide bonds. The van der Waals surface area contributed by atoms with Crippen molar-refractivity contribution in [3.63, 3.8) is 0 Å². The summed E-state index contributed by atoms with van der Waals surface area (Å²) in [5, 5.41) is 17.5. The van der Waals surface area contributed by atoms with E-state index in [0.29, 0.717) is 11.3 Å². The van der Waals surface area contributed by atoms with Crippen LogP contribution in [0.5, 0.6) is 0 Å². The molecule has 0 saturated heterocycles. The van der Waals surface area contributed by atoms with Crippen LogP contribution in [0.3, 0.4) is 0 Å². The van der Waals surface area contributed by atoms with Gasteiger partial charge in [0.1, 0.15) is 18.1 Å². The number of benzene rings is 1. The fourth-order valence-electron chi connectivity index (χ4n) is 4.09. The van der Waals surface area contributed by atoms with Crippen LogP contribution in [0.15, 0.2) is 43.0 Å². The Balaban J connectivity index is 1.82. The Hall–Kier alpha value is -5.25. The third-order valence-corrected chi connectivity index (χ3v) is 6.12. The molecule has 2 aromatic heterocycles. The van der Waals surface area contributed by atoms with Crippen molar-refractivity contribution in [3.05, 3.63) is 54.2 Å². The Morgan fingerprint density at radius 3 is 2.10 bits per heavy atom. The van der Waals surface area contributed by atoms with Gasteiger partial charge in [0.05, 0.1) is 25.2 Å². The van der Waals surface area contributed by atoms with E-state index in [1.807, 2.05) is 6.07 Å². The number of para-hydroxylation sites is 1. The first-order valence-corrected chi connectivity index (χ1v) is 12.4. The molecule has 0 saturated carbocycles. The van der Waals surface area contributed by atoms with Gasteiger partial charge in [0.2, 0.25) is 29.5 Å². The average molecular weight is 570 g/mol. The molecule has 4 atom stereocenters. The van der Waals surface area contributed by atoms with E-state index in [0.717, 1.165) is 10.9 Å². The molecule has 3 aromatic rings. The zero-order valence-corrected chi connectivity index (χ0v) is 21.8. The number of primary amides is 2. The van der Waals surface area contributed by atoms with Crippen LogP contribution in [-0.2, 0) is 41.6 Å². The van der Waals surface area contributed by atoms with Gasteiger partial charge in [-0.05, 0) is 11.6 Å². The van der Waals surface area contributed by atoms with Crippen molar-refractivity contribution >= 4 is 46.4 Å². The first-order valence-electron chi connectivity index (χ1n) is 12.4. The van der Waals surface area contributed by atoms with E-state index < -0.39 is 72.5 Å². The van der Waals surface area contributed by atoms with Gasteiger partial charge in [-0.2, -0.15) is 0 Å². The van der Waals surface area contributed by atoms with Gasteiger partial charge >= 0.3 is 5.97 Å². The van der Waals surface area contributed by atoms with Crippen LogP contribution in [-0.4, -0.2) is 79.7 Å². The lowest BCUT2D eigenvalue weighted by Gasteiger charge is -2.24. The Kier molecular flexibility index (Phi) is 10.1. The summed E-state index contributed by atoms with van der Waals surface area (Å²) in [7, 11) is 0. The Bertz CT molecular complexity index is 1420. The van der Waals surface area contributed by atoms with Crippen molar-refractivity contribution in [3.8, 4) is 0 Å². The molecule has 218 valence electrons. The number of carbonyl (C=O) groups is 6. The third kappa shape index (κ3) is 8.62. The molecule has 3 rings (SSSR count). The van der Waals surface area contributed by atoms with Gasteiger partial charge in [0.15, 0.2) is 0 Å². The quantitative estimate of drug-likeness (QED) is 0.0918. The number of aromatic nitrogens is 3. The molecule has 0 aliphatic carbocycles. The van der Waals surface area contributed by atoms with E-state index in [1.54, 1.807) is 24.4 Å². The molecule has 16 nitrogen and oxygen atoms in total. The number of aliphatic carboxylic acids is 1. The predicted octanol–water partition coefficient (Wildman–Crippen LogP) is -2.71. The number of amides is 5. The number of carboxylic acid groups (broad SMARTS) is 1. The monoisotopic (exact) mass is 569 g/mol. The van der Waals surface area contributed by atoms with Gasteiger partial charge in [0, 0.05) is 41.8 Å². The molecule has 4 unspecified atom stereocenters. The first-order chi connectivity index (χ1) is 19.4. The van der Waals surface area contributed by atoms with Gasteiger partial charge in [-0.25, -0.2) is 9.78 Å². The first kappa shape index (κ1) is 30.3. The second kappa shape index (κ2) is 13.7. The topological polar surface area (TPSA) is 281 Å². The second-order valence-electron chi connectivity index (χ2n) is 9.31. The minimum Gasteiger partial charge on any atom is -0.480 e. The predicted molar refractivity (Wildman–Crippen MR) is 143 cm³/mol. The smallest absolute Gasteiger partial charge is 0.326 e. The number of rotatable bonds is 15. The van der Waals surface area contributed by atoms with Gasteiger partial charge in [-0.3, -0.25) is 24.0 Å². The highest BCUT2D eigenvalue weighted by molar-refractivity contribution is 5.97. The molecular weight excluding hydrogens is 538 g/mol.